The second kappa shape index (κ2) is 10.7. The maximum Gasteiger partial charge on any atom is 0.118 e. The van der Waals surface area contributed by atoms with Gasteiger partial charge in [0.05, 0.1) is 13.7 Å². The van der Waals surface area contributed by atoms with Crippen LogP contribution in [0.2, 0.25) is 0 Å². The van der Waals surface area contributed by atoms with Gasteiger partial charge in [-0.2, -0.15) is 5.10 Å². The van der Waals surface area contributed by atoms with Crippen molar-refractivity contribution in [3.63, 3.8) is 0 Å². The van der Waals surface area contributed by atoms with Crippen LogP contribution in [0, 0.1) is 11.8 Å². The molecule has 0 bridgehead atoms. The Morgan fingerprint density at radius 2 is 1.59 bits per heavy atom. The summed E-state index contributed by atoms with van der Waals surface area (Å²) in [6, 6.07) is 20.2. The molecule has 5 nitrogen and oxygen atoms in total. The lowest BCUT2D eigenvalue weighted by atomic mass is 9.89. The average molecular weight is 475 g/mol. The maximum atomic E-state index is 5.34. The molecule has 3 heterocycles. The van der Waals surface area contributed by atoms with Crippen LogP contribution < -0.4 is 4.74 Å². The number of likely N-dealkylation sites (tertiary alicyclic amines) is 2. The molecule has 3 aromatic rings. The molecule has 0 spiro atoms. The van der Waals surface area contributed by atoms with E-state index < -0.39 is 0 Å². The summed E-state index contributed by atoms with van der Waals surface area (Å²) in [4.78, 5) is 5.18. The molecule has 2 fully saturated rings. The quantitative estimate of drug-likeness (QED) is 0.525. The van der Waals surface area contributed by atoms with Crippen LogP contribution in [0.15, 0.2) is 67.0 Å². The van der Waals surface area contributed by atoms with Crippen LogP contribution in [0.25, 0.3) is 0 Å². The lowest BCUT2D eigenvalue weighted by molar-refractivity contribution is 0.224. The van der Waals surface area contributed by atoms with Crippen LogP contribution in [0.4, 0.5) is 0 Å². The predicted molar refractivity (Wildman–Crippen MR) is 133 cm³/mol. The molecule has 2 saturated heterocycles. The molecular weight excluding hydrogens is 443 g/mol. The second-order valence-electron chi connectivity index (χ2n) is 8.80. The summed E-state index contributed by atoms with van der Waals surface area (Å²) >= 11 is 0. The molecule has 0 unspecified atom stereocenters. The molecular formula is C25H32Cl2N4O. The number of fused-ring (bicyclic) bond motifs is 1. The number of ether oxygens (including phenoxy) is 1. The molecule has 32 heavy (non-hydrogen) atoms. The average Bonchev–Trinajstić information content (AvgIpc) is 3.46. The van der Waals surface area contributed by atoms with Crippen LogP contribution in [0.5, 0.6) is 5.75 Å². The number of aromatic nitrogens is 2. The maximum absolute atomic E-state index is 5.34. The van der Waals surface area contributed by atoms with Gasteiger partial charge in [0.25, 0.3) is 0 Å². The van der Waals surface area contributed by atoms with Gasteiger partial charge in [-0.3, -0.25) is 14.5 Å². The molecule has 5 rings (SSSR count). The molecule has 0 radical (unpaired) electrons. The zero-order valence-electron chi connectivity index (χ0n) is 18.6. The third-order valence-corrected chi connectivity index (χ3v) is 6.76. The summed E-state index contributed by atoms with van der Waals surface area (Å²) in [7, 11) is 4.00. The molecule has 172 valence electrons. The van der Waals surface area contributed by atoms with Crippen molar-refractivity contribution in [2.75, 3.05) is 33.8 Å². The summed E-state index contributed by atoms with van der Waals surface area (Å²) in [6.07, 6.45) is 3.84. The molecule has 2 aromatic carbocycles. The number of methoxy groups -OCH3 is 1. The number of nitrogens with zero attached hydrogens (tertiary/aromatic N) is 4. The van der Waals surface area contributed by atoms with Gasteiger partial charge in [0.15, 0.2) is 0 Å². The summed E-state index contributed by atoms with van der Waals surface area (Å²) in [5.41, 5.74) is 4.10. The number of halogens is 2. The van der Waals surface area contributed by atoms with Gasteiger partial charge < -0.3 is 4.74 Å². The summed E-state index contributed by atoms with van der Waals surface area (Å²) in [5.74, 6) is 2.38. The van der Waals surface area contributed by atoms with Crippen molar-refractivity contribution in [1.29, 1.82) is 0 Å². The van der Waals surface area contributed by atoms with Crippen LogP contribution in [0.3, 0.4) is 0 Å². The monoisotopic (exact) mass is 474 g/mol. The minimum atomic E-state index is 0. The van der Waals surface area contributed by atoms with Crippen LogP contribution >= 0.6 is 24.8 Å². The topological polar surface area (TPSA) is 33.5 Å². The number of rotatable bonds is 6. The minimum absolute atomic E-state index is 0. The van der Waals surface area contributed by atoms with E-state index >= 15 is 0 Å². The van der Waals surface area contributed by atoms with Crippen LogP contribution in [-0.2, 0) is 13.1 Å². The van der Waals surface area contributed by atoms with Crippen molar-refractivity contribution in [2.24, 2.45) is 11.8 Å². The van der Waals surface area contributed by atoms with Gasteiger partial charge in [0.2, 0.25) is 0 Å². The van der Waals surface area contributed by atoms with Crippen molar-refractivity contribution in [3.8, 4) is 5.75 Å². The van der Waals surface area contributed by atoms with E-state index in [4.69, 9.17) is 4.74 Å². The van der Waals surface area contributed by atoms with Gasteiger partial charge in [-0.15, -0.1) is 24.8 Å². The Bertz CT molecular complexity index is 963. The van der Waals surface area contributed by atoms with Crippen molar-refractivity contribution in [3.05, 3.63) is 83.7 Å². The van der Waals surface area contributed by atoms with E-state index in [0.29, 0.717) is 12.0 Å². The first-order chi connectivity index (χ1) is 14.7. The van der Waals surface area contributed by atoms with E-state index in [2.05, 4.69) is 70.5 Å². The van der Waals surface area contributed by atoms with Gasteiger partial charge in [-0.05, 0) is 53.8 Å². The Balaban J connectivity index is 0.00000144. The first kappa shape index (κ1) is 24.6. The number of hydrogen-bond donors (Lipinski definition) is 0. The Morgan fingerprint density at radius 1 is 0.906 bits per heavy atom. The highest BCUT2D eigenvalue weighted by Crippen LogP contribution is 2.44. The fraction of sp³-hybridized carbons (Fsp3) is 0.400. The third-order valence-electron chi connectivity index (χ3n) is 6.76. The number of hydrogen-bond acceptors (Lipinski definition) is 4. The molecule has 1 aromatic heterocycles. The normalized spacial score (nSPS) is 22.8. The second-order valence-corrected chi connectivity index (χ2v) is 8.80. The molecule has 2 aliphatic rings. The van der Waals surface area contributed by atoms with Crippen molar-refractivity contribution in [1.82, 2.24) is 19.6 Å². The Kier molecular flexibility index (Phi) is 8.23. The lowest BCUT2D eigenvalue weighted by Gasteiger charge is -2.27. The van der Waals surface area contributed by atoms with Crippen LogP contribution in [0.1, 0.15) is 22.7 Å². The molecule has 2 aliphatic heterocycles. The third kappa shape index (κ3) is 5.12. The molecule has 0 aliphatic carbocycles. The van der Waals surface area contributed by atoms with Crippen molar-refractivity contribution >= 4 is 24.8 Å². The lowest BCUT2D eigenvalue weighted by Crippen LogP contribution is -2.28. The standard InChI is InChI=1S/C25H30N4O.2ClH/c1-27-16-22-17-28(18-24(22)25(27)21-8-10-23(30-2)11-9-21)14-19-4-6-20(7-5-19)15-29-13-3-12-26-29;;/h3-13,22,24-25H,14-18H2,1-2H3;2*1H/t22-,24+,25-;;/m0../s1. The van der Waals surface area contributed by atoms with Gasteiger partial charge in [-0.25, -0.2) is 0 Å². The van der Waals surface area contributed by atoms with Gasteiger partial charge in [0, 0.05) is 44.6 Å². The highest BCUT2D eigenvalue weighted by atomic mass is 35.5. The van der Waals surface area contributed by atoms with Crippen LogP contribution in [-0.4, -0.2) is 53.4 Å². The zero-order valence-corrected chi connectivity index (χ0v) is 20.3. The highest BCUT2D eigenvalue weighted by molar-refractivity contribution is 5.85. The van der Waals surface area contributed by atoms with E-state index in [1.807, 2.05) is 23.1 Å². The molecule has 3 atom stereocenters. The fourth-order valence-electron chi connectivity index (χ4n) is 5.37. The Labute approximate surface area is 203 Å². The van der Waals surface area contributed by atoms with Crippen molar-refractivity contribution in [2.45, 2.75) is 19.1 Å². The van der Waals surface area contributed by atoms with Gasteiger partial charge in [-0.1, -0.05) is 36.4 Å². The summed E-state index contributed by atoms with van der Waals surface area (Å²) in [5, 5.41) is 4.29. The number of benzene rings is 2. The van der Waals surface area contributed by atoms with E-state index in [9.17, 15) is 0 Å². The fourth-order valence-corrected chi connectivity index (χ4v) is 5.37. The van der Waals surface area contributed by atoms with Crippen molar-refractivity contribution < 1.29 is 4.74 Å². The molecule has 0 saturated carbocycles. The highest BCUT2D eigenvalue weighted by Gasteiger charge is 2.45. The minimum Gasteiger partial charge on any atom is -0.497 e. The molecule has 0 N–H and O–H groups in total. The van der Waals surface area contributed by atoms with Gasteiger partial charge in [0.1, 0.15) is 5.75 Å². The molecule has 7 heteroatoms. The predicted octanol–water partition coefficient (Wildman–Crippen LogP) is 4.52. The smallest absolute Gasteiger partial charge is 0.118 e. The zero-order chi connectivity index (χ0) is 20.5. The molecule has 0 amide bonds. The summed E-state index contributed by atoms with van der Waals surface area (Å²) in [6.45, 7) is 5.41. The SMILES string of the molecule is COc1ccc([C@H]2[C@@H]3CN(Cc4ccc(Cn5cccn5)cc4)C[C@@H]3CN2C)cc1.Cl.Cl. The largest absolute Gasteiger partial charge is 0.497 e. The Hall–Kier alpha value is -2.05. The van der Waals surface area contributed by atoms with E-state index in [0.717, 1.165) is 24.8 Å². The first-order valence-electron chi connectivity index (χ1n) is 10.8. The van der Waals surface area contributed by atoms with Gasteiger partial charge >= 0.3 is 0 Å². The first-order valence-corrected chi connectivity index (χ1v) is 10.8. The van der Waals surface area contributed by atoms with E-state index in [-0.39, 0.29) is 24.8 Å². The van der Waals surface area contributed by atoms with E-state index in [1.165, 1.54) is 36.3 Å². The summed E-state index contributed by atoms with van der Waals surface area (Å²) < 4.78 is 7.30. The van der Waals surface area contributed by atoms with E-state index in [1.54, 1.807) is 7.11 Å². The Morgan fingerprint density at radius 3 is 2.22 bits per heavy atom.